The lowest BCUT2D eigenvalue weighted by atomic mass is 9.95. The number of nitrogens with zero attached hydrogens (tertiary/aromatic N) is 3. The number of hydrogen-bond donors (Lipinski definition) is 3. The monoisotopic (exact) mass is 407 g/mol. The van der Waals surface area contributed by atoms with Gasteiger partial charge in [-0.3, -0.25) is 4.79 Å². The van der Waals surface area contributed by atoms with E-state index in [1.54, 1.807) is 55.1 Å². The molecule has 0 saturated heterocycles. The van der Waals surface area contributed by atoms with Gasteiger partial charge in [-0.25, -0.2) is 4.68 Å². The van der Waals surface area contributed by atoms with E-state index in [4.69, 9.17) is 9.47 Å². The van der Waals surface area contributed by atoms with Crippen LogP contribution in [0.4, 0.5) is 11.6 Å². The van der Waals surface area contributed by atoms with Gasteiger partial charge < -0.3 is 25.2 Å². The molecule has 0 radical (unpaired) electrons. The summed E-state index contributed by atoms with van der Waals surface area (Å²) in [5.41, 5.74) is 2.23. The summed E-state index contributed by atoms with van der Waals surface area (Å²) >= 11 is 0. The molecule has 1 amide bonds. The molecule has 9 nitrogen and oxygen atoms in total. The lowest BCUT2D eigenvalue weighted by Gasteiger charge is -2.29. The summed E-state index contributed by atoms with van der Waals surface area (Å²) < 4.78 is 12.2. The Balaban J connectivity index is 1.77. The molecule has 0 bridgehead atoms. The number of nitrogens with one attached hydrogen (secondary N) is 2. The number of rotatable bonds is 5. The Morgan fingerprint density at radius 1 is 1.20 bits per heavy atom. The number of hydrogen-bond acceptors (Lipinski definition) is 7. The largest absolute Gasteiger partial charge is 0.508 e. The second-order valence-electron chi connectivity index (χ2n) is 6.71. The number of phenolic OH excluding ortho intramolecular Hbond substituents is 1. The third-order valence-electron chi connectivity index (χ3n) is 4.88. The van der Waals surface area contributed by atoms with Gasteiger partial charge in [0.15, 0.2) is 0 Å². The molecule has 1 aliphatic heterocycles. The minimum absolute atomic E-state index is 0.0968. The summed E-state index contributed by atoms with van der Waals surface area (Å²) in [4.78, 5) is 17.6. The molecule has 2 aromatic carbocycles. The lowest BCUT2D eigenvalue weighted by Crippen LogP contribution is -2.31. The minimum Gasteiger partial charge on any atom is -0.508 e. The number of methoxy groups -OCH3 is 2. The third kappa shape index (κ3) is 3.41. The fraction of sp³-hybridized carbons (Fsp3) is 0.190. The predicted octanol–water partition coefficient (Wildman–Crippen LogP) is 2.93. The molecule has 30 heavy (non-hydrogen) atoms. The van der Waals surface area contributed by atoms with Crippen LogP contribution in [0.2, 0.25) is 0 Å². The molecule has 0 spiro atoms. The van der Waals surface area contributed by atoms with Crippen molar-refractivity contribution < 1.29 is 19.4 Å². The Hall–Kier alpha value is -4.01. The summed E-state index contributed by atoms with van der Waals surface area (Å²) in [5.74, 6) is 1.35. The van der Waals surface area contributed by atoms with E-state index in [1.807, 2.05) is 6.07 Å². The summed E-state index contributed by atoms with van der Waals surface area (Å²) in [6, 6.07) is 11.3. The third-order valence-corrected chi connectivity index (χ3v) is 4.88. The number of carbonyl (C=O) groups is 1. The highest BCUT2D eigenvalue weighted by Crippen LogP contribution is 2.37. The van der Waals surface area contributed by atoms with Crippen molar-refractivity contribution in [3.8, 4) is 17.2 Å². The van der Waals surface area contributed by atoms with Crippen LogP contribution in [0, 0.1) is 0 Å². The molecule has 1 atom stereocenters. The molecule has 1 aliphatic rings. The first-order valence-electron chi connectivity index (χ1n) is 9.21. The quantitative estimate of drug-likeness (QED) is 0.596. The van der Waals surface area contributed by atoms with Crippen LogP contribution in [-0.4, -0.2) is 40.0 Å². The first-order valence-corrected chi connectivity index (χ1v) is 9.21. The van der Waals surface area contributed by atoms with Crippen molar-refractivity contribution in [2.45, 2.75) is 13.0 Å². The molecule has 0 aliphatic carbocycles. The molecular formula is C21H21N5O4. The second-order valence-corrected chi connectivity index (χ2v) is 6.71. The molecule has 9 heteroatoms. The highest BCUT2D eigenvalue weighted by Gasteiger charge is 2.33. The maximum absolute atomic E-state index is 13.4. The van der Waals surface area contributed by atoms with E-state index >= 15 is 0 Å². The Kier molecular flexibility index (Phi) is 5.01. The molecule has 3 N–H and O–H groups in total. The van der Waals surface area contributed by atoms with Crippen LogP contribution in [0.25, 0.3) is 0 Å². The Morgan fingerprint density at radius 2 is 2.03 bits per heavy atom. The van der Waals surface area contributed by atoms with Crippen LogP contribution in [0.5, 0.6) is 17.2 Å². The zero-order valence-electron chi connectivity index (χ0n) is 16.7. The van der Waals surface area contributed by atoms with Crippen molar-refractivity contribution in [2.75, 3.05) is 24.9 Å². The number of aromatic nitrogens is 3. The minimum atomic E-state index is -0.576. The van der Waals surface area contributed by atoms with Gasteiger partial charge in [-0.15, -0.1) is 0 Å². The number of aromatic hydroxyl groups is 1. The fourth-order valence-electron chi connectivity index (χ4n) is 3.49. The molecule has 3 aromatic rings. The number of amides is 1. The van der Waals surface area contributed by atoms with Crippen molar-refractivity contribution in [3.63, 3.8) is 0 Å². The van der Waals surface area contributed by atoms with Crippen molar-refractivity contribution >= 4 is 17.5 Å². The zero-order valence-corrected chi connectivity index (χ0v) is 16.7. The second kappa shape index (κ2) is 7.78. The Morgan fingerprint density at radius 3 is 2.77 bits per heavy atom. The molecule has 0 saturated carbocycles. The number of ether oxygens (including phenoxy) is 2. The summed E-state index contributed by atoms with van der Waals surface area (Å²) in [6.45, 7) is 1.80. The Bertz CT molecular complexity index is 1140. The number of phenols is 1. The van der Waals surface area contributed by atoms with Gasteiger partial charge in [-0.2, -0.15) is 10.1 Å². The molecule has 0 fully saturated rings. The molecule has 4 rings (SSSR count). The maximum Gasteiger partial charge on any atom is 0.255 e. The number of carbonyl (C=O) groups excluding carboxylic acids is 1. The average Bonchev–Trinajstić information content (AvgIpc) is 3.20. The van der Waals surface area contributed by atoms with Gasteiger partial charge in [0.2, 0.25) is 5.95 Å². The predicted molar refractivity (Wildman–Crippen MR) is 111 cm³/mol. The SMILES string of the molecule is COc1ccc(OC)c(NC(=O)C2=C(C)Nc3ncnn3[C@H]2c2cccc(O)c2)c1. The van der Waals surface area contributed by atoms with Gasteiger partial charge in [-0.05, 0) is 36.8 Å². The summed E-state index contributed by atoms with van der Waals surface area (Å²) in [6.07, 6.45) is 1.41. The summed E-state index contributed by atoms with van der Waals surface area (Å²) in [7, 11) is 3.08. The van der Waals surface area contributed by atoms with Gasteiger partial charge in [0.25, 0.3) is 5.91 Å². The standard InChI is InChI=1S/C21H21N5O4/c1-12-18(20(28)25-16-10-15(29-2)7-8-17(16)30-3)19(13-5-4-6-14(27)9-13)26-21(24-12)22-11-23-26/h4-11,19,27H,1-3H3,(H,25,28)(H,22,23,24)/t19-/m0/s1. The van der Waals surface area contributed by atoms with Crippen LogP contribution < -0.4 is 20.1 Å². The molecular weight excluding hydrogens is 386 g/mol. The van der Waals surface area contributed by atoms with E-state index in [1.165, 1.54) is 13.4 Å². The lowest BCUT2D eigenvalue weighted by molar-refractivity contribution is -0.113. The van der Waals surface area contributed by atoms with E-state index in [9.17, 15) is 9.90 Å². The van der Waals surface area contributed by atoms with Gasteiger partial charge in [-0.1, -0.05) is 12.1 Å². The number of allylic oxidation sites excluding steroid dienone is 1. The van der Waals surface area contributed by atoms with Crippen LogP contribution in [0.15, 0.2) is 60.1 Å². The van der Waals surface area contributed by atoms with E-state index < -0.39 is 6.04 Å². The number of anilines is 2. The zero-order chi connectivity index (χ0) is 21.3. The van der Waals surface area contributed by atoms with Gasteiger partial charge in [0, 0.05) is 11.8 Å². The normalized spacial score (nSPS) is 15.2. The van der Waals surface area contributed by atoms with E-state index in [-0.39, 0.29) is 11.7 Å². The van der Waals surface area contributed by atoms with Crippen LogP contribution in [0.1, 0.15) is 18.5 Å². The van der Waals surface area contributed by atoms with Crippen LogP contribution >= 0.6 is 0 Å². The molecule has 2 heterocycles. The average molecular weight is 407 g/mol. The van der Waals surface area contributed by atoms with Gasteiger partial charge in [0.05, 0.1) is 25.5 Å². The maximum atomic E-state index is 13.4. The van der Waals surface area contributed by atoms with Crippen molar-refractivity contribution in [1.82, 2.24) is 14.8 Å². The number of fused-ring (bicyclic) bond motifs is 1. The number of benzene rings is 2. The molecule has 154 valence electrons. The topological polar surface area (TPSA) is 111 Å². The smallest absolute Gasteiger partial charge is 0.255 e. The van der Waals surface area contributed by atoms with Crippen molar-refractivity contribution in [1.29, 1.82) is 0 Å². The fourth-order valence-corrected chi connectivity index (χ4v) is 3.49. The van der Waals surface area contributed by atoms with E-state index in [2.05, 4.69) is 20.7 Å². The van der Waals surface area contributed by atoms with Crippen LogP contribution in [0.3, 0.4) is 0 Å². The highest BCUT2D eigenvalue weighted by atomic mass is 16.5. The molecule has 0 unspecified atom stereocenters. The van der Waals surface area contributed by atoms with E-state index in [0.717, 1.165) is 0 Å². The first-order chi connectivity index (χ1) is 14.5. The Labute approximate surface area is 173 Å². The summed E-state index contributed by atoms with van der Waals surface area (Å²) in [5, 5.41) is 20.3. The van der Waals surface area contributed by atoms with E-state index in [0.29, 0.717) is 40.0 Å². The first kappa shape index (κ1) is 19.3. The van der Waals surface area contributed by atoms with Crippen molar-refractivity contribution in [2.24, 2.45) is 0 Å². The van der Waals surface area contributed by atoms with Crippen molar-refractivity contribution in [3.05, 3.63) is 65.6 Å². The molecule has 1 aromatic heterocycles. The van der Waals surface area contributed by atoms with Gasteiger partial charge >= 0.3 is 0 Å². The highest BCUT2D eigenvalue weighted by molar-refractivity contribution is 6.06. The van der Waals surface area contributed by atoms with Gasteiger partial charge in [0.1, 0.15) is 29.6 Å². The van der Waals surface area contributed by atoms with Crippen LogP contribution in [-0.2, 0) is 4.79 Å².